The van der Waals surface area contributed by atoms with E-state index in [2.05, 4.69) is 43.5 Å². The number of ether oxygens (including phenoxy) is 2. The van der Waals surface area contributed by atoms with E-state index in [-0.39, 0.29) is 13.0 Å². The Morgan fingerprint density at radius 2 is 1.17 bits per heavy atom. The monoisotopic (exact) mass is 752 g/mol. The molecule has 1 aliphatic heterocycles. The van der Waals surface area contributed by atoms with Gasteiger partial charge in [-0.2, -0.15) is 0 Å². The van der Waals surface area contributed by atoms with Crippen LogP contribution in [0, 0.1) is 0 Å². The van der Waals surface area contributed by atoms with Crippen LogP contribution in [0.4, 0.5) is 0 Å². The van der Waals surface area contributed by atoms with Crippen molar-refractivity contribution in [3.63, 3.8) is 0 Å². The number of allylic oxidation sites excluding steroid dienone is 6. The summed E-state index contributed by atoms with van der Waals surface area (Å²) < 4.78 is 11.1. The molecule has 8 unspecified atom stereocenters. The Kier molecular flexibility index (Phi) is 31.0. The van der Waals surface area contributed by atoms with Crippen LogP contribution >= 0.6 is 0 Å². The third-order valence-corrected chi connectivity index (χ3v) is 9.74. The average molecular weight is 752 g/mol. The lowest BCUT2D eigenvalue weighted by molar-refractivity contribution is -0.302. The second-order valence-corrected chi connectivity index (χ2v) is 14.6. The largest absolute Gasteiger partial charge is 0.394 e. The molecule has 0 bridgehead atoms. The maximum Gasteiger partial charge on any atom is 0.249 e. The predicted octanol–water partition coefficient (Wildman–Crippen LogP) is 6.86. The van der Waals surface area contributed by atoms with Crippen molar-refractivity contribution < 1.29 is 44.9 Å². The number of carbonyl (C=O) groups excluding carboxylic acids is 1. The summed E-state index contributed by atoms with van der Waals surface area (Å²) in [6.45, 7) is 3.51. The molecule has 53 heavy (non-hydrogen) atoms. The van der Waals surface area contributed by atoms with Crippen molar-refractivity contribution in [2.45, 2.75) is 204 Å². The van der Waals surface area contributed by atoms with Crippen LogP contribution in [0.25, 0.3) is 0 Å². The summed E-state index contributed by atoms with van der Waals surface area (Å²) in [4.78, 5) is 12.9. The van der Waals surface area contributed by atoms with E-state index in [4.69, 9.17) is 9.47 Å². The maximum atomic E-state index is 12.9. The average Bonchev–Trinajstić information content (AvgIpc) is 3.16. The highest BCUT2D eigenvalue weighted by Gasteiger charge is 2.44. The highest BCUT2D eigenvalue weighted by Crippen LogP contribution is 2.22. The smallest absolute Gasteiger partial charge is 0.249 e. The Morgan fingerprint density at radius 1 is 0.660 bits per heavy atom. The highest BCUT2D eigenvalue weighted by molar-refractivity contribution is 5.81. The molecule has 7 N–H and O–H groups in total. The fraction of sp³-hybridized carbons (Fsp3) is 0.791. The molecule has 1 heterocycles. The van der Waals surface area contributed by atoms with Gasteiger partial charge in [-0.3, -0.25) is 4.79 Å². The molecule has 1 fully saturated rings. The molecule has 10 nitrogen and oxygen atoms in total. The van der Waals surface area contributed by atoms with Crippen LogP contribution in [0.1, 0.15) is 155 Å². The standard InChI is InChI=1S/C43H77NO9/c1-3-5-7-9-11-13-15-17-18-19-20-22-23-25-27-29-31-36(46)35(34-52-43-41(50)40(49)39(48)38(33-45)53-43)44-42(51)37(47)32-30-28-26-24-21-16-14-12-10-8-6-4-2/h21-24,28-31,35-41,43,45-50H,3-20,25-27,32-34H2,1-2H3,(H,44,51)/b23-22+,24-21-,30-28-,31-29+. The van der Waals surface area contributed by atoms with Crippen LogP contribution in [0.5, 0.6) is 0 Å². The van der Waals surface area contributed by atoms with Gasteiger partial charge in [-0.1, -0.05) is 152 Å². The number of hydrogen-bond acceptors (Lipinski definition) is 9. The molecule has 1 saturated heterocycles. The zero-order valence-corrected chi connectivity index (χ0v) is 33.1. The van der Waals surface area contributed by atoms with Crippen LogP contribution < -0.4 is 5.32 Å². The van der Waals surface area contributed by atoms with Gasteiger partial charge in [0, 0.05) is 6.42 Å². The van der Waals surface area contributed by atoms with Gasteiger partial charge in [-0.05, 0) is 44.9 Å². The molecule has 0 aliphatic carbocycles. The molecular formula is C43H77NO9. The summed E-state index contributed by atoms with van der Waals surface area (Å²) in [6, 6.07) is -1.03. The molecule has 0 saturated carbocycles. The first kappa shape index (κ1) is 49.1. The fourth-order valence-electron chi connectivity index (χ4n) is 6.22. The third-order valence-electron chi connectivity index (χ3n) is 9.74. The van der Waals surface area contributed by atoms with Crippen molar-refractivity contribution in [1.82, 2.24) is 5.32 Å². The van der Waals surface area contributed by atoms with Crippen molar-refractivity contribution in [3.05, 3.63) is 48.6 Å². The summed E-state index contributed by atoms with van der Waals surface area (Å²) in [6.07, 6.45) is 30.8. The van der Waals surface area contributed by atoms with E-state index in [1.807, 2.05) is 12.2 Å². The highest BCUT2D eigenvalue weighted by atomic mass is 16.7. The Bertz CT molecular complexity index is 985. The van der Waals surface area contributed by atoms with Gasteiger partial charge in [-0.15, -0.1) is 0 Å². The normalized spacial score (nSPS) is 22.8. The Balaban J connectivity index is 2.56. The molecule has 0 aromatic carbocycles. The van der Waals surface area contributed by atoms with Gasteiger partial charge < -0.3 is 45.4 Å². The molecule has 308 valence electrons. The van der Waals surface area contributed by atoms with Crippen molar-refractivity contribution >= 4 is 5.91 Å². The first-order valence-electron chi connectivity index (χ1n) is 21.0. The van der Waals surface area contributed by atoms with E-state index < -0.39 is 61.5 Å². The van der Waals surface area contributed by atoms with Gasteiger partial charge in [0.1, 0.15) is 30.5 Å². The number of amides is 1. The Morgan fingerprint density at radius 3 is 1.75 bits per heavy atom. The molecule has 1 aliphatic rings. The minimum absolute atomic E-state index is 0.0920. The van der Waals surface area contributed by atoms with Crippen LogP contribution in [-0.2, 0) is 14.3 Å². The summed E-state index contributed by atoms with van der Waals surface area (Å²) in [5, 5.41) is 64.3. The number of aliphatic hydroxyl groups is 6. The van der Waals surface area contributed by atoms with E-state index in [0.29, 0.717) is 12.8 Å². The van der Waals surface area contributed by atoms with Crippen molar-refractivity contribution in [2.24, 2.45) is 0 Å². The summed E-state index contributed by atoms with van der Waals surface area (Å²) >= 11 is 0. The van der Waals surface area contributed by atoms with Gasteiger partial charge >= 0.3 is 0 Å². The SMILES string of the molecule is CCCCCCCC/C=C\C/C=C\CC(O)C(=O)NC(COC1OC(CO)C(O)C(O)C1O)C(O)/C=C/CC/C=C/CCCCCCCCCCCC. The van der Waals surface area contributed by atoms with Crippen LogP contribution in [-0.4, -0.2) is 98.7 Å². The van der Waals surface area contributed by atoms with Crippen molar-refractivity contribution in [2.75, 3.05) is 13.2 Å². The first-order valence-corrected chi connectivity index (χ1v) is 21.0. The summed E-state index contributed by atoms with van der Waals surface area (Å²) in [5.74, 6) is -0.696. The third kappa shape index (κ3) is 24.3. The van der Waals surface area contributed by atoms with Gasteiger partial charge in [0.05, 0.1) is 25.4 Å². The van der Waals surface area contributed by atoms with Crippen LogP contribution in [0.2, 0.25) is 0 Å². The van der Waals surface area contributed by atoms with Crippen LogP contribution in [0.3, 0.4) is 0 Å². The second kappa shape index (κ2) is 33.4. The summed E-state index contributed by atoms with van der Waals surface area (Å²) in [5.41, 5.74) is 0. The van der Waals surface area contributed by atoms with E-state index in [9.17, 15) is 35.4 Å². The number of hydrogen-bond donors (Lipinski definition) is 7. The van der Waals surface area contributed by atoms with Crippen molar-refractivity contribution in [3.8, 4) is 0 Å². The number of unbranched alkanes of at least 4 members (excludes halogenated alkanes) is 17. The number of carbonyl (C=O) groups is 1. The first-order chi connectivity index (χ1) is 25.8. The van der Waals surface area contributed by atoms with Gasteiger partial charge in [-0.25, -0.2) is 0 Å². The molecule has 1 rings (SSSR count). The Labute approximate surface area is 321 Å². The number of aliphatic hydroxyl groups excluding tert-OH is 6. The second-order valence-electron chi connectivity index (χ2n) is 14.6. The molecule has 8 atom stereocenters. The maximum absolute atomic E-state index is 12.9. The zero-order chi connectivity index (χ0) is 38.9. The minimum atomic E-state index is -1.63. The lowest BCUT2D eigenvalue weighted by Crippen LogP contribution is -2.60. The quantitative estimate of drug-likeness (QED) is 0.0280. The molecule has 0 aromatic rings. The van der Waals surface area contributed by atoms with Gasteiger partial charge in [0.2, 0.25) is 5.91 Å². The lowest BCUT2D eigenvalue weighted by Gasteiger charge is -2.40. The van der Waals surface area contributed by atoms with E-state index in [1.165, 1.54) is 103 Å². The minimum Gasteiger partial charge on any atom is -0.394 e. The summed E-state index contributed by atoms with van der Waals surface area (Å²) in [7, 11) is 0. The van der Waals surface area contributed by atoms with E-state index in [1.54, 1.807) is 12.2 Å². The van der Waals surface area contributed by atoms with E-state index in [0.717, 1.165) is 19.3 Å². The van der Waals surface area contributed by atoms with E-state index >= 15 is 0 Å². The van der Waals surface area contributed by atoms with Gasteiger partial charge in [0.25, 0.3) is 0 Å². The zero-order valence-electron chi connectivity index (χ0n) is 33.1. The Hall–Kier alpha value is -1.89. The fourth-order valence-corrected chi connectivity index (χ4v) is 6.22. The van der Waals surface area contributed by atoms with Crippen molar-refractivity contribution in [1.29, 1.82) is 0 Å². The topological polar surface area (TPSA) is 169 Å². The molecule has 0 radical (unpaired) electrons. The number of nitrogens with one attached hydrogen (secondary N) is 1. The molecule has 10 heteroatoms. The van der Waals surface area contributed by atoms with Crippen LogP contribution in [0.15, 0.2) is 48.6 Å². The molecule has 0 spiro atoms. The molecule has 1 amide bonds. The molecular weight excluding hydrogens is 674 g/mol. The predicted molar refractivity (Wildman–Crippen MR) is 213 cm³/mol. The lowest BCUT2D eigenvalue weighted by atomic mass is 9.99. The van der Waals surface area contributed by atoms with Gasteiger partial charge in [0.15, 0.2) is 6.29 Å². The molecule has 0 aromatic heterocycles. The number of rotatable bonds is 33.